The number of nitrogens with zero attached hydrogens (tertiary/aromatic N) is 2. The third-order valence-corrected chi connectivity index (χ3v) is 6.60. The first-order chi connectivity index (χ1) is 13.8. The normalized spacial score (nSPS) is 18.1. The van der Waals surface area contributed by atoms with Gasteiger partial charge in [0.05, 0.1) is 36.3 Å². The van der Waals surface area contributed by atoms with E-state index in [0.717, 1.165) is 0 Å². The van der Waals surface area contributed by atoms with E-state index in [1.807, 2.05) is 0 Å². The zero-order valence-electron chi connectivity index (χ0n) is 14.3. The van der Waals surface area contributed by atoms with E-state index in [1.165, 1.54) is 0 Å². The largest absolute Gasteiger partial charge is 0.506 e. The van der Waals surface area contributed by atoms with Gasteiger partial charge >= 0.3 is 0 Å². The Kier molecular flexibility index (Phi) is 5.34. The number of nitrogens with one attached hydrogen (secondary N) is 2. The molecule has 0 saturated heterocycles. The van der Waals surface area contributed by atoms with Crippen LogP contribution in [0.15, 0.2) is 39.3 Å². The molecule has 0 radical (unpaired) electrons. The number of halogens is 4. The number of hydrogen-bond acceptors (Lipinski definition) is 5. The molecule has 0 aliphatic carbocycles. The fourth-order valence-electron chi connectivity index (χ4n) is 3.31. The molecule has 10 heteroatoms. The summed E-state index contributed by atoms with van der Waals surface area (Å²) in [6.45, 7) is 0. The van der Waals surface area contributed by atoms with Gasteiger partial charge in [0.25, 0.3) is 0 Å². The second-order valence-electron chi connectivity index (χ2n) is 6.33. The van der Waals surface area contributed by atoms with Crippen LogP contribution in [0.25, 0.3) is 11.3 Å². The lowest BCUT2D eigenvalue weighted by Gasteiger charge is -2.28. The number of phenols is 1. The number of aromatic amines is 1. The zero-order chi connectivity index (χ0) is 20.9. The van der Waals surface area contributed by atoms with Crippen LogP contribution in [0.4, 0.5) is 0 Å². The molecule has 146 valence electrons. The molecule has 6 nitrogen and oxygen atoms in total. The van der Waals surface area contributed by atoms with Gasteiger partial charge in [0.1, 0.15) is 11.7 Å². The molecule has 29 heavy (non-hydrogen) atoms. The van der Waals surface area contributed by atoms with Crippen molar-refractivity contribution >= 4 is 61.0 Å². The summed E-state index contributed by atoms with van der Waals surface area (Å²) in [6.07, 6.45) is 0. The van der Waals surface area contributed by atoms with Crippen molar-refractivity contribution in [2.24, 2.45) is 5.92 Å². The minimum Gasteiger partial charge on any atom is -0.506 e. The Morgan fingerprint density at radius 1 is 1.17 bits per heavy atom. The number of fused-ring (bicyclic) bond motifs is 1. The van der Waals surface area contributed by atoms with Gasteiger partial charge in [0, 0.05) is 11.5 Å². The second kappa shape index (κ2) is 7.65. The number of benzene rings is 2. The maximum absolute atomic E-state index is 10.1. The zero-order valence-corrected chi connectivity index (χ0v) is 19.0. The molecule has 2 aromatic carbocycles. The van der Waals surface area contributed by atoms with Crippen LogP contribution in [0.2, 0.25) is 10.0 Å². The van der Waals surface area contributed by atoms with E-state index >= 15 is 0 Å². The van der Waals surface area contributed by atoms with Crippen LogP contribution in [-0.2, 0) is 0 Å². The Bertz CT molecular complexity index is 1180. The Hall–Kier alpha value is -2.05. The lowest BCUT2D eigenvalue weighted by molar-refractivity contribution is 0.436. The van der Waals surface area contributed by atoms with Crippen molar-refractivity contribution in [3.8, 4) is 29.0 Å². The molecule has 1 aliphatic heterocycles. The number of aromatic hydroxyl groups is 1. The number of nitriles is 1. The summed E-state index contributed by atoms with van der Waals surface area (Å²) < 4.78 is 6.43. The van der Waals surface area contributed by atoms with Crippen molar-refractivity contribution in [1.29, 1.82) is 10.7 Å². The molecule has 2 atom stereocenters. The molecule has 0 saturated carbocycles. The molecular weight excluding hydrogens is 547 g/mol. The van der Waals surface area contributed by atoms with Crippen molar-refractivity contribution in [2.75, 3.05) is 0 Å². The highest BCUT2D eigenvalue weighted by Crippen LogP contribution is 2.48. The fraction of sp³-hybridized carbons (Fsp3) is 0.105. The van der Waals surface area contributed by atoms with Crippen LogP contribution < -0.4 is 4.74 Å². The Labute approximate surface area is 192 Å². The maximum atomic E-state index is 10.1. The molecule has 0 bridgehead atoms. The lowest BCUT2D eigenvalue weighted by atomic mass is 9.79. The van der Waals surface area contributed by atoms with E-state index in [-0.39, 0.29) is 17.5 Å². The summed E-state index contributed by atoms with van der Waals surface area (Å²) in [6, 6.07) is 10.7. The number of hydrogen-bond donors (Lipinski definition) is 3. The third-order valence-electron chi connectivity index (χ3n) is 4.65. The average Bonchev–Trinajstić information content (AvgIpc) is 3.10. The molecule has 0 amide bonds. The number of rotatable bonds is 2. The molecule has 2 heterocycles. The quantitative estimate of drug-likeness (QED) is 0.346. The van der Waals surface area contributed by atoms with Crippen LogP contribution in [0.3, 0.4) is 0 Å². The first-order valence-electron chi connectivity index (χ1n) is 8.19. The van der Waals surface area contributed by atoms with Crippen LogP contribution in [0, 0.1) is 22.7 Å². The molecule has 4 rings (SSSR count). The van der Waals surface area contributed by atoms with Crippen molar-refractivity contribution in [3.05, 3.63) is 60.4 Å². The molecule has 3 N–H and O–H groups in total. The van der Waals surface area contributed by atoms with Crippen LogP contribution in [0.5, 0.6) is 11.6 Å². The van der Waals surface area contributed by atoms with Gasteiger partial charge in [-0.3, -0.25) is 10.5 Å². The fourth-order valence-corrected chi connectivity index (χ4v) is 4.83. The van der Waals surface area contributed by atoms with E-state index < -0.39 is 11.8 Å². The van der Waals surface area contributed by atoms with Crippen molar-refractivity contribution < 1.29 is 9.84 Å². The average molecular weight is 557 g/mol. The molecule has 2 unspecified atom stereocenters. The van der Waals surface area contributed by atoms with Crippen LogP contribution >= 0.6 is 55.1 Å². The summed E-state index contributed by atoms with van der Waals surface area (Å²) >= 11 is 18.9. The van der Waals surface area contributed by atoms with Gasteiger partial charge in [-0.1, -0.05) is 29.3 Å². The Morgan fingerprint density at radius 3 is 2.48 bits per heavy atom. The highest BCUT2D eigenvalue weighted by Gasteiger charge is 2.41. The van der Waals surface area contributed by atoms with Gasteiger partial charge in [0.15, 0.2) is 0 Å². The Balaban J connectivity index is 1.97. The number of ether oxygens (including phenoxy) is 1. The van der Waals surface area contributed by atoms with Crippen LogP contribution in [0.1, 0.15) is 17.0 Å². The smallest absolute Gasteiger partial charge is 0.244 e. The summed E-state index contributed by atoms with van der Waals surface area (Å²) in [5, 5.41) is 35.9. The number of H-pyrrole nitrogens is 1. The van der Waals surface area contributed by atoms with E-state index in [4.69, 9.17) is 33.3 Å². The van der Waals surface area contributed by atoms with E-state index in [0.29, 0.717) is 41.4 Å². The highest BCUT2D eigenvalue weighted by molar-refractivity contribution is 9.11. The topological polar surface area (TPSA) is 106 Å². The van der Waals surface area contributed by atoms with E-state index in [1.54, 1.807) is 30.3 Å². The van der Waals surface area contributed by atoms with Crippen molar-refractivity contribution in [3.63, 3.8) is 0 Å². The van der Waals surface area contributed by atoms with Gasteiger partial charge in [-0.25, -0.2) is 0 Å². The first-order valence-corrected chi connectivity index (χ1v) is 10.5. The molecule has 0 spiro atoms. The maximum Gasteiger partial charge on any atom is 0.244 e. The molecule has 3 aromatic rings. The standard InChI is InChI=1S/C19H10Br2Cl2N4O2/c20-10-3-8(4-11(21)17(10)28)14-9(6-24)18(25)29-19-15(14)16(26-27-19)7-1-2-12(22)13(23)5-7/h1-5,9,14,25,28H,(H,26,27). The Morgan fingerprint density at radius 2 is 1.86 bits per heavy atom. The summed E-state index contributed by atoms with van der Waals surface area (Å²) in [5.41, 5.74) is 2.64. The molecular formula is C19H10Br2Cl2N4O2. The van der Waals surface area contributed by atoms with Crippen LogP contribution in [-0.4, -0.2) is 21.2 Å². The number of phenolic OH excluding ortho intramolecular Hbond substituents is 1. The predicted molar refractivity (Wildman–Crippen MR) is 117 cm³/mol. The first kappa shape index (κ1) is 20.2. The highest BCUT2D eigenvalue weighted by atomic mass is 79.9. The lowest BCUT2D eigenvalue weighted by Crippen LogP contribution is -2.30. The molecule has 1 aliphatic rings. The van der Waals surface area contributed by atoms with E-state index in [9.17, 15) is 10.4 Å². The second-order valence-corrected chi connectivity index (χ2v) is 8.85. The van der Waals surface area contributed by atoms with Crippen molar-refractivity contribution in [1.82, 2.24) is 10.2 Å². The van der Waals surface area contributed by atoms with Gasteiger partial charge in [-0.2, -0.15) is 5.26 Å². The monoisotopic (exact) mass is 554 g/mol. The van der Waals surface area contributed by atoms with E-state index in [2.05, 4.69) is 48.1 Å². The van der Waals surface area contributed by atoms with Gasteiger partial charge in [-0.15, -0.1) is 5.10 Å². The minimum absolute atomic E-state index is 0.0431. The van der Waals surface area contributed by atoms with Crippen molar-refractivity contribution in [2.45, 2.75) is 5.92 Å². The summed E-state index contributed by atoms with van der Waals surface area (Å²) in [4.78, 5) is 0. The van der Waals surface area contributed by atoms with Gasteiger partial charge in [0.2, 0.25) is 11.8 Å². The van der Waals surface area contributed by atoms with Gasteiger partial charge in [-0.05, 0) is 61.7 Å². The summed E-state index contributed by atoms with van der Waals surface area (Å²) in [5.74, 6) is -1.38. The number of aromatic nitrogens is 2. The van der Waals surface area contributed by atoms with Gasteiger partial charge < -0.3 is 9.84 Å². The SMILES string of the molecule is N#CC1C(=N)Oc2n[nH]c(-c3ccc(Cl)c(Cl)c3)c2C1c1cc(Br)c(O)c(Br)c1. The molecule has 0 fully saturated rings. The summed E-state index contributed by atoms with van der Waals surface area (Å²) in [7, 11) is 0. The minimum atomic E-state index is -0.884. The molecule has 1 aromatic heterocycles. The predicted octanol–water partition coefficient (Wildman–Crippen LogP) is 6.26. The third kappa shape index (κ3) is 3.42.